The second-order valence-electron chi connectivity index (χ2n) is 7.08. The van der Waals surface area contributed by atoms with E-state index >= 15 is 0 Å². The quantitative estimate of drug-likeness (QED) is 0.579. The van der Waals surface area contributed by atoms with Gasteiger partial charge in [-0.2, -0.15) is 0 Å². The molecule has 0 N–H and O–H groups in total. The fraction of sp³-hybridized carbons (Fsp3) is 0.348. The normalized spacial score (nSPS) is 15.1. The van der Waals surface area contributed by atoms with Crippen LogP contribution >= 0.6 is 11.3 Å². The average Bonchev–Trinajstić information content (AvgIpc) is 3.18. The van der Waals surface area contributed by atoms with E-state index in [4.69, 9.17) is 4.74 Å². The molecule has 0 amide bonds. The van der Waals surface area contributed by atoms with Gasteiger partial charge in [0.05, 0.1) is 6.61 Å². The van der Waals surface area contributed by atoms with E-state index in [9.17, 15) is 4.79 Å². The van der Waals surface area contributed by atoms with Crippen molar-refractivity contribution in [2.45, 2.75) is 13.3 Å². The fourth-order valence-electron chi connectivity index (χ4n) is 3.77. The van der Waals surface area contributed by atoms with Crippen molar-refractivity contribution in [1.29, 1.82) is 0 Å². The highest BCUT2D eigenvalue weighted by atomic mass is 32.1. The monoisotopic (exact) mass is 394 g/mol. The number of carbonyl (C=O) groups is 1. The summed E-state index contributed by atoms with van der Waals surface area (Å²) in [7, 11) is 0. The molecule has 3 aromatic rings. The summed E-state index contributed by atoms with van der Waals surface area (Å²) in [5.41, 5.74) is 2.63. The van der Waals surface area contributed by atoms with Gasteiger partial charge in [-0.3, -0.25) is 4.90 Å². The van der Waals surface area contributed by atoms with E-state index in [2.05, 4.69) is 58.3 Å². The smallest absolute Gasteiger partial charge is 0.348 e. The Balaban J connectivity index is 1.41. The first-order valence-corrected chi connectivity index (χ1v) is 10.8. The highest BCUT2D eigenvalue weighted by molar-refractivity contribution is 7.20. The maximum Gasteiger partial charge on any atom is 0.348 e. The van der Waals surface area contributed by atoms with Crippen molar-refractivity contribution in [3.05, 3.63) is 65.0 Å². The van der Waals surface area contributed by atoms with E-state index in [0.29, 0.717) is 11.5 Å². The second kappa shape index (κ2) is 8.76. The Bertz CT molecular complexity index is 930. The predicted molar refractivity (Wildman–Crippen MR) is 117 cm³/mol. The van der Waals surface area contributed by atoms with Crippen LogP contribution in [0.15, 0.2) is 54.6 Å². The number of hydrogen-bond donors (Lipinski definition) is 0. The van der Waals surface area contributed by atoms with Crippen molar-refractivity contribution in [2.75, 3.05) is 44.2 Å². The Kier molecular flexibility index (Phi) is 5.93. The van der Waals surface area contributed by atoms with Crippen LogP contribution in [0.5, 0.6) is 0 Å². The maximum atomic E-state index is 12.1. The van der Waals surface area contributed by atoms with Crippen LogP contribution in [0.2, 0.25) is 0 Å². The van der Waals surface area contributed by atoms with Gasteiger partial charge in [0.25, 0.3) is 0 Å². The number of benzene rings is 2. The molecule has 4 rings (SSSR count). The number of fused-ring (bicyclic) bond motifs is 1. The van der Waals surface area contributed by atoms with Gasteiger partial charge < -0.3 is 9.64 Å². The number of thiophene rings is 1. The Morgan fingerprint density at radius 2 is 1.82 bits per heavy atom. The Hall–Kier alpha value is -2.37. The molecule has 0 aliphatic carbocycles. The number of anilines is 1. The maximum absolute atomic E-state index is 12.1. The number of piperazine rings is 1. The highest BCUT2D eigenvalue weighted by Gasteiger charge is 2.20. The van der Waals surface area contributed by atoms with Crippen molar-refractivity contribution in [2.24, 2.45) is 0 Å². The molecule has 0 radical (unpaired) electrons. The summed E-state index contributed by atoms with van der Waals surface area (Å²) >= 11 is 1.52. The largest absolute Gasteiger partial charge is 0.462 e. The lowest BCUT2D eigenvalue weighted by Crippen LogP contribution is -2.47. The van der Waals surface area contributed by atoms with Gasteiger partial charge in [0.1, 0.15) is 4.88 Å². The molecule has 0 spiro atoms. The van der Waals surface area contributed by atoms with Crippen LogP contribution in [0, 0.1) is 0 Å². The van der Waals surface area contributed by atoms with Gasteiger partial charge in [-0.05, 0) is 37.1 Å². The molecular formula is C23H26N2O2S. The molecule has 4 nitrogen and oxygen atoms in total. The van der Waals surface area contributed by atoms with E-state index in [-0.39, 0.29) is 5.97 Å². The van der Waals surface area contributed by atoms with E-state index in [0.717, 1.165) is 49.2 Å². The zero-order valence-electron chi connectivity index (χ0n) is 16.3. The van der Waals surface area contributed by atoms with E-state index in [1.807, 2.05) is 13.0 Å². The van der Waals surface area contributed by atoms with Crippen LogP contribution in [0.4, 0.5) is 5.69 Å². The third kappa shape index (κ3) is 4.21. The number of ether oxygens (including phenoxy) is 1. The summed E-state index contributed by atoms with van der Waals surface area (Å²) in [6.45, 7) is 7.51. The van der Waals surface area contributed by atoms with Gasteiger partial charge in [-0.1, -0.05) is 36.4 Å². The van der Waals surface area contributed by atoms with Gasteiger partial charge in [0.2, 0.25) is 0 Å². The molecule has 0 bridgehead atoms. The number of rotatable bonds is 6. The topological polar surface area (TPSA) is 32.8 Å². The van der Waals surface area contributed by atoms with Gasteiger partial charge in [-0.15, -0.1) is 11.3 Å². The first-order valence-electron chi connectivity index (χ1n) is 9.95. The molecule has 28 heavy (non-hydrogen) atoms. The predicted octanol–water partition coefficient (Wildman–Crippen LogP) is 4.44. The molecular weight excluding hydrogens is 368 g/mol. The molecule has 1 aromatic heterocycles. The summed E-state index contributed by atoms with van der Waals surface area (Å²) in [6, 6.07) is 19.0. The lowest BCUT2D eigenvalue weighted by atomic mass is 10.1. The minimum atomic E-state index is -0.222. The second-order valence-corrected chi connectivity index (χ2v) is 8.17. The Labute approximate surface area is 170 Å². The summed E-state index contributed by atoms with van der Waals surface area (Å²) in [4.78, 5) is 17.8. The number of esters is 1. The molecule has 5 heteroatoms. The molecule has 0 unspecified atom stereocenters. The molecule has 2 heterocycles. The summed E-state index contributed by atoms with van der Waals surface area (Å²) in [5.74, 6) is -0.222. The summed E-state index contributed by atoms with van der Waals surface area (Å²) in [5, 5.41) is 1.16. The van der Waals surface area contributed by atoms with Gasteiger partial charge >= 0.3 is 5.97 Å². The first-order chi connectivity index (χ1) is 13.7. The molecule has 1 saturated heterocycles. The van der Waals surface area contributed by atoms with Crippen molar-refractivity contribution < 1.29 is 9.53 Å². The van der Waals surface area contributed by atoms with Crippen molar-refractivity contribution in [3.63, 3.8) is 0 Å². The highest BCUT2D eigenvalue weighted by Crippen LogP contribution is 2.34. The van der Waals surface area contributed by atoms with E-state index in [1.165, 1.54) is 22.6 Å². The van der Waals surface area contributed by atoms with Crippen LogP contribution in [-0.2, 0) is 11.2 Å². The molecule has 0 saturated carbocycles. The van der Waals surface area contributed by atoms with Gasteiger partial charge in [0, 0.05) is 48.5 Å². The SMILES string of the molecule is CCOC(=O)c1cc2c(N3CCN(CCc4ccccc4)CC3)cccc2s1. The number of carbonyl (C=O) groups excluding carboxylic acids is 1. The third-order valence-corrected chi connectivity index (χ3v) is 6.37. The van der Waals surface area contributed by atoms with Crippen LogP contribution < -0.4 is 4.90 Å². The van der Waals surface area contributed by atoms with Crippen LogP contribution in [0.1, 0.15) is 22.2 Å². The number of hydrogen-bond acceptors (Lipinski definition) is 5. The lowest BCUT2D eigenvalue weighted by molar-refractivity contribution is 0.0532. The third-order valence-electron chi connectivity index (χ3n) is 5.29. The zero-order chi connectivity index (χ0) is 19.3. The minimum absolute atomic E-state index is 0.222. The van der Waals surface area contributed by atoms with Gasteiger partial charge in [-0.25, -0.2) is 4.79 Å². The number of nitrogens with zero attached hydrogens (tertiary/aromatic N) is 2. The molecule has 0 atom stereocenters. The van der Waals surface area contributed by atoms with Crippen LogP contribution in [0.25, 0.3) is 10.1 Å². The van der Waals surface area contributed by atoms with Crippen molar-refractivity contribution >= 4 is 33.1 Å². The Morgan fingerprint density at radius 3 is 2.57 bits per heavy atom. The Morgan fingerprint density at radius 1 is 1.04 bits per heavy atom. The molecule has 1 fully saturated rings. The fourth-order valence-corrected chi connectivity index (χ4v) is 4.74. The molecule has 146 valence electrons. The van der Waals surface area contributed by atoms with Crippen molar-refractivity contribution in [3.8, 4) is 0 Å². The van der Waals surface area contributed by atoms with Crippen LogP contribution in [0.3, 0.4) is 0 Å². The molecule has 1 aliphatic rings. The van der Waals surface area contributed by atoms with Crippen LogP contribution in [-0.4, -0.2) is 50.2 Å². The van der Waals surface area contributed by atoms with Gasteiger partial charge in [0.15, 0.2) is 0 Å². The standard InChI is InChI=1S/C23H26N2O2S/c1-2-27-23(26)22-17-19-20(9-6-10-21(19)28-22)25-15-13-24(14-16-25)12-11-18-7-4-3-5-8-18/h3-10,17H,2,11-16H2,1H3. The lowest BCUT2D eigenvalue weighted by Gasteiger charge is -2.36. The zero-order valence-corrected chi connectivity index (χ0v) is 17.1. The van der Waals surface area contributed by atoms with E-state index < -0.39 is 0 Å². The average molecular weight is 395 g/mol. The summed E-state index contributed by atoms with van der Waals surface area (Å²) in [6.07, 6.45) is 1.10. The molecule has 2 aromatic carbocycles. The minimum Gasteiger partial charge on any atom is -0.462 e. The van der Waals surface area contributed by atoms with Crippen molar-refractivity contribution in [1.82, 2.24) is 4.90 Å². The molecule has 1 aliphatic heterocycles. The summed E-state index contributed by atoms with van der Waals surface area (Å²) < 4.78 is 6.32. The first kappa shape index (κ1) is 19.0. The van der Waals surface area contributed by atoms with E-state index in [1.54, 1.807) is 0 Å².